The molecule has 9 heteroatoms. The number of hydrogen-bond acceptors (Lipinski definition) is 3. The van der Waals surface area contributed by atoms with Crippen molar-refractivity contribution in [1.82, 2.24) is 5.43 Å². The van der Waals surface area contributed by atoms with Crippen LogP contribution in [0.1, 0.15) is 29.8 Å². The van der Waals surface area contributed by atoms with Crippen molar-refractivity contribution in [3.05, 3.63) is 64.5 Å². The van der Waals surface area contributed by atoms with E-state index in [9.17, 15) is 26.7 Å². The number of benzene rings is 2. The van der Waals surface area contributed by atoms with Crippen LogP contribution >= 0.6 is 0 Å². The lowest BCUT2D eigenvalue weighted by atomic mass is 10.0. The van der Waals surface area contributed by atoms with Crippen molar-refractivity contribution in [2.45, 2.75) is 19.4 Å². The van der Waals surface area contributed by atoms with E-state index in [1.165, 1.54) is 18.2 Å². The van der Waals surface area contributed by atoms with Crippen molar-refractivity contribution in [1.29, 1.82) is 0 Å². The Morgan fingerprint density at radius 1 is 0.963 bits per heavy atom. The lowest BCUT2D eigenvalue weighted by Gasteiger charge is -2.27. The summed E-state index contributed by atoms with van der Waals surface area (Å²) in [6, 6.07) is 4.38. The van der Waals surface area contributed by atoms with Gasteiger partial charge >= 0.3 is 0 Å². The third-order valence-electron chi connectivity index (χ3n) is 3.82. The molecular formula is C18H13F5N2O2. The molecule has 0 fully saturated rings. The Hall–Kier alpha value is -3.10. The van der Waals surface area contributed by atoms with E-state index in [1.54, 1.807) is 17.6 Å². The number of hydrogen-bond donors (Lipinski definition) is 2. The number of carbonyl (C=O) groups is 1. The van der Waals surface area contributed by atoms with Gasteiger partial charge in [-0.25, -0.2) is 22.0 Å². The van der Waals surface area contributed by atoms with E-state index in [2.05, 4.69) is 0 Å². The Bertz CT molecular complexity index is 944. The van der Waals surface area contributed by atoms with Crippen LogP contribution < -0.4 is 15.6 Å². The van der Waals surface area contributed by atoms with Crippen LogP contribution in [0.5, 0.6) is 5.75 Å². The molecule has 0 bridgehead atoms. The van der Waals surface area contributed by atoms with E-state index in [4.69, 9.17) is 4.74 Å². The molecule has 3 rings (SSSR count). The smallest absolute Gasteiger partial charge is 0.269 e. The summed E-state index contributed by atoms with van der Waals surface area (Å²) in [7, 11) is 0. The van der Waals surface area contributed by atoms with Gasteiger partial charge in [-0.3, -0.25) is 15.6 Å². The fourth-order valence-electron chi connectivity index (χ4n) is 2.43. The molecule has 0 unspecified atom stereocenters. The molecule has 0 aromatic heterocycles. The zero-order chi connectivity index (χ0) is 19.9. The number of nitrogens with one attached hydrogen (secondary N) is 2. The van der Waals surface area contributed by atoms with Gasteiger partial charge in [0.05, 0.1) is 0 Å². The summed E-state index contributed by atoms with van der Waals surface area (Å²) in [5.41, 5.74) is 2.45. The highest BCUT2D eigenvalue weighted by Gasteiger charge is 2.26. The van der Waals surface area contributed by atoms with Crippen LogP contribution in [0.3, 0.4) is 0 Å². The van der Waals surface area contributed by atoms with Gasteiger partial charge in [-0.15, -0.1) is 0 Å². The second kappa shape index (κ2) is 6.57. The van der Waals surface area contributed by atoms with E-state index in [0.29, 0.717) is 11.3 Å². The van der Waals surface area contributed by atoms with Crippen molar-refractivity contribution in [3.63, 3.8) is 0 Å². The Balaban J connectivity index is 1.80. The normalized spacial score (nSPS) is 14.3. The number of ether oxygens (including phenoxy) is 1. The predicted octanol–water partition coefficient (Wildman–Crippen LogP) is 4.32. The van der Waals surface area contributed by atoms with Gasteiger partial charge < -0.3 is 4.74 Å². The SMILES string of the molecule is CC1(C)C=Cc2cc(C(=O)NNc3c(F)c(F)c(F)c(F)c3F)ccc2O1. The quantitative estimate of drug-likeness (QED) is 0.359. The van der Waals surface area contributed by atoms with Crippen molar-refractivity contribution >= 4 is 17.7 Å². The number of hydrazine groups is 1. The second-order valence-electron chi connectivity index (χ2n) is 6.32. The average molecular weight is 384 g/mol. The van der Waals surface area contributed by atoms with E-state index in [-0.39, 0.29) is 5.56 Å². The van der Waals surface area contributed by atoms with E-state index in [1.807, 2.05) is 19.3 Å². The van der Waals surface area contributed by atoms with Crippen LogP contribution in [0.2, 0.25) is 0 Å². The Labute approximate surface area is 150 Å². The third kappa shape index (κ3) is 3.44. The van der Waals surface area contributed by atoms with Crippen molar-refractivity contribution in [2.75, 3.05) is 5.43 Å². The van der Waals surface area contributed by atoms with Gasteiger partial charge in [0.15, 0.2) is 23.3 Å². The molecule has 2 N–H and O–H groups in total. The molecule has 1 heterocycles. The first kappa shape index (κ1) is 18.7. The molecule has 1 aliphatic heterocycles. The zero-order valence-electron chi connectivity index (χ0n) is 14.1. The van der Waals surface area contributed by atoms with Crippen LogP contribution in [0, 0.1) is 29.1 Å². The monoisotopic (exact) mass is 384 g/mol. The first-order chi connectivity index (χ1) is 12.6. The lowest BCUT2D eigenvalue weighted by Crippen LogP contribution is -2.31. The van der Waals surface area contributed by atoms with E-state index < -0.39 is 46.3 Å². The summed E-state index contributed by atoms with van der Waals surface area (Å²) in [6.45, 7) is 3.70. The highest BCUT2D eigenvalue weighted by atomic mass is 19.2. The predicted molar refractivity (Wildman–Crippen MR) is 87.5 cm³/mol. The molecule has 4 nitrogen and oxygen atoms in total. The Morgan fingerprint density at radius 3 is 2.19 bits per heavy atom. The molecule has 0 aliphatic carbocycles. The van der Waals surface area contributed by atoms with Crippen molar-refractivity contribution in [2.24, 2.45) is 0 Å². The van der Waals surface area contributed by atoms with Crippen LogP contribution in [0.25, 0.3) is 6.08 Å². The Morgan fingerprint density at radius 2 is 1.56 bits per heavy atom. The first-order valence-electron chi connectivity index (χ1n) is 7.71. The van der Waals surface area contributed by atoms with E-state index in [0.717, 1.165) is 0 Å². The average Bonchev–Trinajstić information content (AvgIpc) is 2.63. The number of amides is 1. The van der Waals surface area contributed by atoms with Gasteiger partial charge in [-0.05, 0) is 38.1 Å². The molecule has 0 radical (unpaired) electrons. The molecule has 142 valence electrons. The molecule has 2 aromatic rings. The van der Waals surface area contributed by atoms with Crippen LogP contribution in [0.15, 0.2) is 24.3 Å². The van der Waals surface area contributed by atoms with Gasteiger partial charge in [-0.1, -0.05) is 6.08 Å². The molecule has 0 spiro atoms. The van der Waals surface area contributed by atoms with E-state index >= 15 is 0 Å². The first-order valence-corrected chi connectivity index (χ1v) is 7.71. The highest BCUT2D eigenvalue weighted by molar-refractivity contribution is 5.95. The van der Waals surface area contributed by atoms with Crippen molar-refractivity contribution in [3.8, 4) is 5.75 Å². The summed E-state index contributed by atoms with van der Waals surface area (Å²) in [5.74, 6) is -11.0. The number of carbonyl (C=O) groups excluding carboxylic acids is 1. The summed E-state index contributed by atoms with van der Waals surface area (Å²) in [4.78, 5) is 12.1. The molecule has 0 saturated heterocycles. The fourth-order valence-corrected chi connectivity index (χ4v) is 2.43. The summed E-state index contributed by atoms with van der Waals surface area (Å²) in [6.07, 6.45) is 3.52. The number of rotatable bonds is 3. The van der Waals surface area contributed by atoms with Gasteiger partial charge in [-0.2, -0.15) is 0 Å². The minimum atomic E-state index is -2.29. The maximum atomic E-state index is 13.6. The largest absolute Gasteiger partial charge is 0.483 e. The van der Waals surface area contributed by atoms with Gasteiger partial charge in [0.2, 0.25) is 5.82 Å². The van der Waals surface area contributed by atoms with Crippen LogP contribution in [-0.2, 0) is 0 Å². The maximum Gasteiger partial charge on any atom is 0.269 e. The molecule has 2 aromatic carbocycles. The molecule has 1 aliphatic rings. The maximum absolute atomic E-state index is 13.6. The van der Waals surface area contributed by atoms with Gasteiger partial charge in [0, 0.05) is 11.1 Å². The summed E-state index contributed by atoms with van der Waals surface area (Å²) < 4.78 is 72.2. The topological polar surface area (TPSA) is 50.4 Å². The van der Waals surface area contributed by atoms with Crippen molar-refractivity contribution < 1.29 is 31.5 Å². The minimum Gasteiger partial charge on any atom is -0.483 e. The standard InChI is InChI=1S/C18H13F5N2O2/c1-18(2)6-5-8-7-9(3-4-10(8)27-18)17(26)25-24-16-14(22)12(20)11(19)13(21)15(16)23/h3-7,24H,1-2H3,(H,25,26). The number of fused-ring (bicyclic) bond motifs is 1. The Kier molecular flexibility index (Phi) is 4.54. The molecule has 1 amide bonds. The third-order valence-corrected chi connectivity index (χ3v) is 3.82. The second-order valence-corrected chi connectivity index (χ2v) is 6.32. The highest BCUT2D eigenvalue weighted by Crippen LogP contribution is 2.31. The van der Waals surface area contributed by atoms with Gasteiger partial charge in [0.25, 0.3) is 5.91 Å². The van der Waals surface area contributed by atoms with Gasteiger partial charge in [0.1, 0.15) is 17.0 Å². The fraction of sp³-hybridized carbons (Fsp3) is 0.167. The molecule has 0 atom stereocenters. The minimum absolute atomic E-state index is 0.0816. The molecule has 0 saturated carbocycles. The van der Waals surface area contributed by atoms with Crippen LogP contribution in [0.4, 0.5) is 27.6 Å². The molecular weight excluding hydrogens is 371 g/mol. The number of halogens is 5. The number of anilines is 1. The molecule has 27 heavy (non-hydrogen) atoms. The summed E-state index contributed by atoms with van der Waals surface area (Å²) >= 11 is 0. The van der Waals surface area contributed by atoms with Crippen LogP contribution in [-0.4, -0.2) is 11.5 Å². The summed E-state index contributed by atoms with van der Waals surface area (Å²) in [5, 5.41) is 0. The zero-order valence-corrected chi connectivity index (χ0v) is 14.1. The lowest BCUT2D eigenvalue weighted by molar-refractivity contribution is 0.0962.